The summed E-state index contributed by atoms with van der Waals surface area (Å²) in [6, 6.07) is 6.99. The second kappa shape index (κ2) is 2.80. The van der Waals surface area contributed by atoms with Gasteiger partial charge in [-0.15, -0.1) is 0 Å². The Kier molecular flexibility index (Phi) is 1.68. The maximum absolute atomic E-state index is 12.8. The van der Waals surface area contributed by atoms with E-state index in [1.165, 1.54) is 24.8 Å². The van der Waals surface area contributed by atoms with Crippen LogP contribution in [0.3, 0.4) is 0 Å². The maximum Gasteiger partial charge on any atom is 0.123 e. The number of nitrogens with one attached hydrogen (secondary N) is 1. The smallest absolute Gasteiger partial charge is 0.123 e. The lowest BCUT2D eigenvalue weighted by Crippen LogP contribution is -2.37. The van der Waals surface area contributed by atoms with E-state index in [1.54, 1.807) is 12.1 Å². The molecule has 1 aliphatic carbocycles. The molecule has 1 saturated heterocycles. The monoisotopic (exact) mass is 191 g/mol. The number of hydrogen-bond acceptors (Lipinski definition) is 1. The highest BCUT2D eigenvalue weighted by Gasteiger charge is 2.45. The summed E-state index contributed by atoms with van der Waals surface area (Å²) in [6.45, 7) is 1.14. The van der Waals surface area contributed by atoms with Gasteiger partial charge in [0.05, 0.1) is 0 Å². The molecule has 0 spiro atoms. The first-order valence-electron chi connectivity index (χ1n) is 5.30. The molecule has 1 heterocycles. The van der Waals surface area contributed by atoms with E-state index < -0.39 is 0 Å². The van der Waals surface area contributed by atoms with Gasteiger partial charge in [-0.3, -0.25) is 0 Å². The van der Waals surface area contributed by atoms with Crippen LogP contribution in [0.2, 0.25) is 0 Å². The molecule has 2 bridgehead atoms. The number of rotatable bonds is 1. The van der Waals surface area contributed by atoms with Gasteiger partial charge in [0.1, 0.15) is 5.82 Å². The minimum Gasteiger partial charge on any atom is -0.307 e. The molecular formula is C12H14FN. The van der Waals surface area contributed by atoms with Gasteiger partial charge in [-0.25, -0.2) is 4.39 Å². The molecule has 74 valence electrons. The molecule has 2 aliphatic rings. The molecule has 1 nitrogen and oxygen atoms in total. The fraction of sp³-hybridized carbons (Fsp3) is 0.500. The van der Waals surface area contributed by atoms with Crippen LogP contribution in [0.1, 0.15) is 24.8 Å². The van der Waals surface area contributed by atoms with Crippen LogP contribution in [0.4, 0.5) is 4.39 Å². The second-order valence-corrected chi connectivity index (χ2v) is 4.58. The second-order valence-electron chi connectivity index (χ2n) is 4.58. The van der Waals surface area contributed by atoms with Gasteiger partial charge in [0, 0.05) is 5.54 Å². The molecule has 1 saturated carbocycles. The zero-order chi connectivity index (χ0) is 9.60. The molecule has 2 atom stereocenters. The summed E-state index contributed by atoms with van der Waals surface area (Å²) >= 11 is 0. The first-order chi connectivity index (χ1) is 6.78. The van der Waals surface area contributed by atoms with Crippen molar-refractivity contribution in [2.24, 2.45) is 5.92 Å². The third kappa shape index (κ3) is 1.10. The molecule has 0 radical (unpaired) electrons. The van der Waals surface area contributed by atoms with Crippen molar-refractivity contribution in [3.63, 3.8) is 0 Å². The Morgan fingerprint density at radius 2 is 2.07 bits per heavy atom. The Balaban J connectivity index is 1.98. The van der Waals surface area contributed by atoms with Crippen molar-refractivity contribution in [2.75, 3.05) is 6.54 Å². The van der Waals surface area contributed by atoms with Gasteiger partial charge in [-0.05, 0) is 49.4 Å². The molecule has 1 N–H and O–H groups in total. The zero-order valence-electron chi connectivity index (χ0n) is 8.09. The van der Waals surface area contributed by atoms with Crippen molar-refractivity contribution in [3.8, 4) is 0 Å². The summed E-state index contributed by atoms with van der Waals surface area (Å²) in [5, 5.41) is 3.58. The van der Waals surface area contributed by atoms with Gasteiger partial charge in [0.15, 0.2) is 0 Å². The molecule has 1 aromatic carbocycles. The topological polar surface area (TPSA) is 12.0 Å². The minimum atomic E-state index is -0.141. The third-order valence-electron chi connectivity index (χ3n) is 3.74. The van der Waals surface area contributed by atoms with Crippen LogP contribution in [0, 0.1) is 11.7 Å². The summed E-state index contributed by atoms with van der Waals surface area (Å²) < 4.78 is 12.8. The molecule has 14 heavy (non-hydrogen) atoms. The predicted molar refractivity (Wildman–Crippen MR) is 53.4 cm³/mol. The van der Waals surface area contributed by atoms with Gasteiger partial charge in [-0.2, -0.15) is 0 Å². The number of fused-ring (bicyclic) bond motifs is 2. The Morgan fingerprint density at radius 1 is 1.29 bits per heavy atom. The average Bonchev–Trinajstić information content (AvgIpc) is 2.79. The standard InChI is InChI=1S/C12H14FN/c13-11-3-1-10(2-4-11)12-6-5-9(7-12)8-14-12/h1-4,9,14H,5-8H2. The number of benzene rings is 1. The van der Waals surface area contributed by atoms with Gasteiger partial charge < -0.3 is 5.32 Å². The highest BCUT2D eigenvalue weighted by molar-refractivity contribution is 5.28. The minimum absolute atomic E-state index is 0.141. The first-order valence-corrected chi connectivity index (χ1v) is 5.30. The summed E-state index contributed by atoms with van der Waals surface area (Å²) in [4.78, 5) is 0. The Bertz CT molecular complexity index is 336. The molecule has 0 aromatic heterocycles. The van der Waals surface area contributed by atoms with Crippen LogP contribution in [-0.4, -0.2) is 6.54 Å². The van der Waals surface area contributed by atoms with Crippen molar-refractivity contribution in [2.45, 2.75) is 24.8 Å². The fourth-order valence-corrected chi connectivity index (χ4v) is 2.96. The third-order valence-corrected chi connectivity index (χ3v) is 3.74. The highest BCUT2D eigenvalue weighted by Crippen LogP contribution is 2.46. The van der Waals surface area contributed by atoms with E-state index in [4.69, 9.17) is 0 Å². The molecule has 1 aromatic rings. The molecule has 1 aliphatic heterocycles. The molecular weight excluding hydrogens is 177 g/mol. The number of halogens is 1. The maximum atomic E-state index is 12.8. The van der Waals surface area contributed by atoms with E-state index >= 15 is 0 Å². The van der Waals surface area contributed by atoms with Crippen LogP contribution < -0.4 is 5.32 Å². The summed E-state index contributed by atoms with van der Waals surface area (Å²) in [5.74, 6) is 0.706. The van der Waals surface area contributed by atoms with Crippen molar-refractivity contribution in [1.82, 2.24) is 5.32 Å². The van der Waals surface area contributed by atoms with E-state index in [9.17, 15) is 4.39 Å². The van der Waals surface area contributed by atoms with Gasteiger partial charge in [-0.1, -0.05) is 12.1 Å². The normalized spacial score (nSPS) is 35.1. The highest BCUT2D eigenvalue weighted by atomic mass is 19.1. The summed E-state index contributed by atoms with van der Waals surface area (Å²) in [6.07, 6.45) is 3.77. The Hall–Kier alpha value is -0.890. The van der Waals surface area contributed by atoms with Crippen molar-refractivity contribution in [1.29, 1.82) is 0 Å². The van der Waals surface area contributed by atoms with Crippen LogP contribution in [-0.2, 0) is 5.54 Å². The molecule has 2 heteroatoms. The fourth-order valence-electron chi connectivity index (χ4n) is 2.96. The lowest BCUT2D eigenvalue weighted by atomic mass is 9.89. The van der Waals surface area contributed by atoms with E-state index in [-0.39, 0.29) is 11.4 Å². The molecule has 2 fully saturated rings. The van der Waals surface area contributed by atoms with E-state index in [0.29, 0.717) is 0 Å². The SMILES string of the molecule is Fc1ccc(C23CCC(CN2)C3)cc1. The number of piperidine rings is 1. The quantitative estimate of drug-likeness (QED) is 0.718. The van der Waals surface area contributed by atoms with Crippen molar-refractivity contribution < 1.29 is 4.39 Å². The van der Waals surface area contributed by atoms with Crippen molar-refractivity contribution >= 4 is 0 Å². The Labute approximate surface area is 83.3 Å². The number of hydrogen-bond donors (Lipinski definition) is 1. The van der Waals surface area contributed by atoms with Crippen LogP contribution in [0.25, 0.3) is 0 Å². The van der Waals surface area contributed by atoms with E-state index in [2.05, 4.69) is 5.32 Å². The zero-order valence-corrected chi connectivity index (χ0v) is 8.09. The summed E-state index contributed by atoms with van der Waals surface area (Å²) in [7, 11) is 0. The molecule has 2 unspecified atom stereocenters. The van der Waals surface area contributed by atoms with Gasteiger partial charge >= 0.3 is 0 Å². The lowest BCUT2D eigenvalue weighted by molar-refractivity contribution is 0.373. The average molecular weight is 191 g/mol. The lowest BCUT2D eigenvalue weighted by Gasteiger charge is -2.28. The summed E-state index contributed by atoms with van der Waals surface area (Å²) in [5.41, 5.74) is 1.44. The van der Waals surface area contributed by atoms with Gasteiger partial charge in [0.25, 0.3) is 0 Å². The molecule has 3 rings (SSSR count). The van der Waals surface area contributed by atoms with E-state index in [0.717, 1.165) is 12.5 Å². The van der Waals surface area contributed by atoms with Crippen LogP contribution in [0.15, 0.2) is 24.3 Å². The van der Waals surface area contributed by atoms with Crippen LogP contribution >= 0.6 is 0 Å². The molecule has 0 amide bonds. The van der Waals surface area contributed by atoms with Crippen LogP contribution in [0.5, 0.6) is 0 Å². The first kappa shape index (κ1) is 8.42. The predicted octanol–water partition coefficient (Wildman–Crippen LogP) is 2.42. The van der Waals surface area contributed by atoms with E-state index in [1.807, 2.05) is 12.1 Å². The van der Waals surface area contributed by atoms with Gasteiger partial charge in [0.2, 0.25) is 0 Å². The largest absolute Gasteiger partial charge is 0.307 e. The van der Waals surface area contributed by atoms with Crippen molar-refractivity contribution in [3.05, 3.63) is 35.6 Å². The Morgan fingerprint density at radius 3 is 2.57 bits per heavy atom.